The fraction of sp³-hybridized carbons (Fsp3) is 0.182. The highest BCUT2D eigenvalue weighted by Gasteiger charge is 2.22. The fourth-order valence-electron chi connectivity index (χ4n) is 1.83. The largest absolute Gasteiger partial charge is 0.348 e. The van der Waals surface area contributed by atoms with Gasteiger partial charge in [0, 0.05) is 23.4 Å². The third-order valence-electron chi connectivity index (χ3n) is 2.63. The maximum atomic E-state index is 11.4. The van der Waals surface area contributed by atoms with Gasteiger partial charge in [-0.15, -0.1) is 11.3 Å². The minimum Gasteiger partial charge on any atom is -0.348 e. The van der Waals surface area contributed by atoms with E-state index in [0.29, 0.717) is 12.1 Å². The number of fused-ring (bicyclic) bond motifs is 1. The maximum absolute atomic E-state index is 11.4. The standard InChI is InChI=1S/C11H9N3OS/c15-11-9-6-13-14-10(8(9)5-12-11)4-7-2-1-3-16-7/h1-3,6H,4-5H2,(H,12,15). The van der Waals surface area contributed by atoms with Gasteiger partial charge in [0.1, 0.15) is 0 Å². The number of hydrogen-bond acceptors (Lipinski definition) is 4. The predicted molar refractivity (Wildman–Crippen MR) is 60.3 cm³/mol. The number of hydrogen-bond donors (Lipinski definition) is 1. The van der Waals surface area contributed by atoms with Crippen molar-refractivity contribution < 1.29 is 4.79 Å². The molecule has 5 heteroatoms. The average molecular weight is 231 g/mol. The molecule has 1 aliphatic rings. The first-order chi connectivity index (χ1) is 7.84. The molecule has 2 aromatic heterocycles. The summed E-state index contributed by atoms with van der Waals surface area (Å²) in [6.45, 7) is 0.574. The lowest BCUT2D eigenvalue weighted by molar-refractivity contribution is 0.0965. The van der Waals surface area contributed by atoms with Crippen molar-refractivity contribution >= 4 is 17.2 Å². The van der Waals surface area contributed by atoms with Gasteiger partial charge < -0.3 is 5.32 Å². The van der Waals surface area contributed by atoms with Crippen molar-refractivity contribution in [3.8, 4) is 0 Å². The lowest BCUT2D eigenvalue weighted by atomic mass is 10.1. The normalized spacial score (nSPS) is 13.6. The molecule has 16 heavy (non-hydrogen) atoms. The van der Waals surface area contributed by atoms with Gasteiger partial charge in [-0.3, -0.25) is 4.79 Å². The molecule has 0 aliphatic carbocycles. The van der Waals surface area contributed by atoms with Crippen LogP contribution in [0.1, 0.15) is 26.5 Å². The van der Waals surface area contributed by atoms with E-state index in [9.17, 15) is 4.79 Å². The van der Waals surface area contributed by atoms with Crippen molar-refractivity contribution in [3.63, 3.8) is 0 Å². The molecular formula is C11H9N3OS. The van der Waals surface area contributed by atoms with Gasteiger partial charge in [-0.2, -0.15) is 10.2 Å². The molecule has 1 N–H and O–H groups in total. The summed E-state index contributed by atoms with van der Waals surface area (Å²) in [4.78, 5) is 12.7. The van der Waals surface area contributed by atoms with Crippen LogP contribution in [0.4, 0.5) is 0 Å². The number of nitrogens with one attached hydrogen (secondary N) is 1. The van der Waals surface area contributed by atoms with Crippen LogP contribution in [-0.2, 0) is 13.0 Å². The molecule has 0 saturated carbocycles. The lowest BCUT2D eigenvalue weighted by Gasteiger charge is -2.02. The minimum absolute atomic E-state index is 0.0441. The SMILES string of the molecule is O=C1NCc2c1cnnc2Cc1cccs1. The first-order valence-corrected chi connectivity index (χ1v) is 5.86. The summed E-state index contributed by atoms with van der Waals surface area (Å²) in [7, 11) is 0. The molecule has 0 bridgehead atoms. The van der Waals surface area contributed by atoms with E-state index in [1.54, 1.807) is 11.3 Å². The maximum Gasteiger partial charge on any atom is 0.253 e. The first-order valence-electron chi connectivity index (χ1n) is 4.98. The Hall–Kier alpha value is -1.75. The molecule has 0 saturated heterocycles. The number of carbonyl (C=O) groups is 1. The van der Waals surface area contributed by atoms with Gasteiger partial charge >= 0.3 is 0 Å². The Morgan fingerprint density at radius 1 is 1.50 bits per heavy atom. The van der Waals surface area contributed by atoms with Gasteiger partial charge in [0.15, 0.2) is 0 Å². The predicted octanol–water partition coefficient (Wildman–Crippen LogP) is 1.37. The summed E-state index contributed by atoms with van der Waals surface area (Å²) < 4.78 is 0. The van der Waals surface area contributed by atoms with Crippen LogP contribution in [0.3, 0.4) is 0 Å². The Morgan fingerprint density at radius 3 is 3.25 bits per heavy atom. The molecule has 1 aliphatic heterocycles. The topological polar surface area (TPSA) is 54.9 Å². The highest BCUT2D eigenvalue weighted by atomic mass is 32.1. The highest BCUT2D eigenvalue weighted by molar-refractivity contribution is 7.09. The van der Waals surface area contributed by atoms with Crippen molar-refractivity contribution in [2.24, 2.45) is 0 Å². The third kappa shape index (κ3) is 1.49. The Morgan fingerprint density at radius 2 is 2.44 bits per heavy atom. The van der Waals surface area contributed by atoms with Gasteiger partial charge in [-0.05, 0) is 11.4 Å². The molecule has 2 aromatic rings. The quantitative estimate of drug-likeness (QED) is 0.849. The van der Waals surface area contributed by atoms with Crippen LogP contribution in [0.5, 0.6) is 0 Å². The van der Waals surface area contributed by atoms with Gasteiger partial charge in [-0.25, -0.2) is 0 Å². The molecule has 80 valence electrons. The second-order valence-electron chi connectivity index (χ2n) is 3.62. The lowest BCUT2D eigenvalue weighted by Crippen LogP contribution is -2.12. The number of carbonyl (C=O) groups excluding carboxylic acids is 1. The van der Waals surface area contributed by atoms with E-state index in [1.165, 1.54) is 11.1 Å². The monoisotopic (exact) mass is 231 g/mol. The number of thiophene rings is 1. The van der Waals surface area contributed by atoms with Gasteiger partial charge in [-0.1, -0.05) is 6.07 Å². The van der Waals surface area contributed by atoms with Crippen LogP contribution >= 0.6 is 11.3 Å². The Labute approximate surface area is 96.3 Å². The van der Waals surface area contributed by atoms with E-state index >= 15 is 0 Å². The zero-order chi connectivity index (χ0) is 11.0. The van der Waals surface area contributed by atoms with E-state index in [-0.39, 0.29) is 5.91 Å². The molecule has 3 rings (SSSR count). The Balaban J connectivity index is 2.00. The van der Waals surface area contributed by atoms with Crippen molar-refractivity contribution in [1.29, 1.82) is 0 Å². The van der Waals surface area contributed by atoms with E-state index in [0.717, 1.165) is 17.7 Å². The zero-order valence-electron chi connectivity index (χ0n) is 8.43. The average Bonchev–Trinajstić information content (AvgIpc) is 2.90. The van der Waals surface area contributed by atoms with E-state index in [2.05, 4.69) is 21.6 Å². The summed E-state index contributed by atoms with van der Waals surface area (Å²) in [6, 6.07) is 4.08. The van der Waals surface area contributed by atoms with Crippen LogP contribution in [0, 0.1) is 0 Å². The van der Waals surface area contributed by atoms with Crippen molar-refractivity contribution in [2.75, 3.05) is 0 Å². The van der Waals surface area contributed by atoms with Crippen molar-refractivity contribution in [2.45, 2.75) is 13.0 Å². The van der Waals surface area contributed by atoms with Gasteiger partial charge in [0.25, 0.3) is 5.91 Å². The number of aromatic nitrogens is 2. The fourth-order valence-corrected chi connectivity index (χ4v) is 2.54. The molecule has 1 amide bonds. The van der Waals surface area contributed by atoms with Gasteiger partial charge in [0.2, 0.25) is 0 Å². The molecule has 0 spiro atoms. The van der Waals surface area contributed by atoms with Crippen LogP contribution in [0.25, 0.3) is 0 Å². The second kappa shape index (κ2) is 3.68. The van der Waals surface area contributed by atoms with Crippen LogP contribution < -0.4 is 5.32 Å². The first kappa shape index (κ1) is 9.47. The molecule has 4 nitrogen and oxygen atoms in total. The minimum atomic E-state index is -0.0441. The van der Waals surface area contributed by atoms with Crippen LogP contribution in [0.2, 0.25) is 0 Å². The molecule has 3 heterocycles. The second-order valence-corrected chi connectivity index (χ2v) is 4.65. The molecular weight excluding hydrogens is 222 g/mol. The number of amides is 1. The van der Waals surface area contributed by atoms with Gasteiger partial charge in [0.05, 0.1) is 17.5 Å². The zero-order valence-corrected chi connectivity index (χ0v) is 9.25. The Bertz CT molecular complexity index is 536. The van der Waals surface area contributed by atoms with E-state index < -0.39 is 0 Å². The highest BCUT2D eigenvalue weighted by Crippen LogP contribution is 2.21. The molecule has 0 radical (unpaired) electrons. The molecule has 0 aromatic carbocycles. The van der Waals surface area contributed by atoms with Crippen LogP contribution in [0.15, 0.2) is 23.7 Å². The van der Waals surface area contributed by atoms with E-state index in [1.807, 2.05) is 11.4 Å². The number of rotatable bonds is 2. The number of nitrogens with zero attached hydrogens (tertiary/aromatic N) is 2. The van der Waals surface area contributed by atoms with Crippen LogP contribution in [-0.4, -0.2) is 16.1 Å². The molecule has 0 atom stereocenters. The van der Waals surface area contributed by atoms with Crippen molar-refractivity contribution in [3.05, 3.63) is 45.4 Å². The Kier molecular flexibility index (Phi) is 2.18. The van der Waals surface area contributed by atoms with E-state index in [4.69, 9.17) is 0 Å². The third-order valence-corrected chi connectivity index (χ3v) is 3.51. The summed E-state index contributed by atoms with van der Waals surface area (Å²) in [5.74, 6) is -0.0441. The summed E-state index contributed by atoms with van der Waals surface area (Å²) in [5, 5.41) is 12.8. The van der Waals surface area contributed by atoms with Crippen molar-refractivity contribution in [1.82, 2.24) is 15.5 Å². The molecule has 0 unspecified atom stereocenters. The smallest absolute Gasteiger partial charge is 0.253 e. The summed E-state index contributed by atoms with van der Waals surface area (Å²) >= 11 is 1.69. The summed E-state index contributed by atoms with van der Waals surface area (Å²) in [6.07, 6.45) is 2.29. The summed E-state index contributed by atoms with van der Waals surface area (Å²) in [5.41, 5.74) is 2.56. The molecule has 0 fully saturated rings.